The van der Waals surface area contributed by atoms with E-state index in [9.17, 15) is 4.79 Å². The van der Waals surface area contributed by atoms with Crippen LogP contribution < -0.4 is 0 Å². The molecular formula is C17H22O2. The number of ether oxygens (including phenoxy) is 1. The first-order valence-corrected chi connectivity index (χ1v) is 6.62. The van der Waals surface area contributed by atoms with E-state index < -0.39 is 0 Å². The summed E-state index contributed by atoms with van der Waals surface area (Å²) in [5.74, 6) is -0.212. The standard InChI is InChI=1S/C17H22O2/c1-5-19-16(18)13-9-12-15(17(2,3)4)14-10-7-6-8-11-14/h6-11H,5,13H2,1-4H3. The van der Waals surface area contributed by atoms with Crippen LogP contribution in [0.4, 0.5) is 0 Å². The minimum atomic E-state index is -0.212. The van der Waals surface area contributed by atoms with Gasteiger partial charge >= 0.3 is 5.97 Å². The van der Waals surface area contributed by atoms with E-state index >= 15 is 0 Å². The van der Waals surface area contributed by atoms with Gasteiger partial charge in [0.1, 0.15) is 0 Å². The molecular weight excluding hydrogens is 236 g/mol. The minimum absolute atomic E-state index is 0.0213. The molecule has 0 atom stereocenters. The molecule has 0 spiro atoms. The van der Waals surface area contributed by atoms with Crippen molar-refractivity contribution in [2.45, 2.75) is 34.1 Å². The van der Waals surface area contributed by atoms with Crippen LogP contribution in [0.15, 0.2) is 42.1 Å². The molecule has 0 saturated carbocycles. The van der Waals surface area contributed by atoms with E-state index in [1.807, 2.05) is 25.1 Å². The van der Waals surface area contributed by atoms with Gasteiger partial charge in [-0.15, -0.1) is 5.73 Å². The van der Waals surface area contributed by atoms with Crippen molar-refractivity contribution in [2.75, 3.05) is 6.61 Å². The summed E-state index contributed by atoms with van der Waals surface area (Å²) in [5.41, 5.74) is 5.46. The average Bonchev–Trinajstić information content (AvgIpc) is 2.34. The van der Waals surface area contributed by atoms with Gasteiger partial charge in [-0.1, -0.05) is 51.1 Å². The number of carbonyl (C=O) groups is 1. The van der Waals surface area contributed by atoms with Crippen LogP contribution in [-0.2, 0) is 9.53 Å². The summed E-state index contributed by atoms with van der Waals surface area (Å²) in [7, 11) is 0. The first-order valence-electron chi connectivity index (χ1n) is 6.62. The molecule has 0 radical (unpaired) electrons. The van der Waals surface area contributed by atoms with Gasteiger partial charge in [0, 0.05) is 5.57 Å². The van der Waals surface area contributed by atoms with Crippen LogP contribution in [0.2, 0.25) is 0 Å². The van der Waals surface area contributed by atoms with Gasteiger partial charge in [-0.25, -0.2) is 0 Å². The van der Waals surface area contributed by atoms with E-state index in [4.69, 9.17) is 4.74 Å². The zero-order valence-electron chi connectivity index (χ0n) is 12.2. The Balaban J connectivity index is 2.99. The van der Waals surface area contributed by atoms with Crippen molar-refractivity contribution in [3.63, 3.8) is 0 Å². The van der Waals surface area contributed by atoms with E-state index in [2.05, 4.69) is 38.6 Å². The summed E-state index contributed by atoms with van der Waals surface area (Å²) in [6, 6.07) is 10.1. The third-order valence-corrected chi connectivity index (χ3v) is 2.63. The van der Waals surface area contributed by atoms with Crippen molar-refractivity contribution in [2.24, 2.45) is 5.41 Å². The van der Waals surface area contributed by atoms with Crippen molar-refractivity contribution in [1.29, 1.82) is 0 Å². The van der Waals surface area contributed by atoms with Crippen molar-refractivity contribution >= 4 is 11.5 Å². The summed E-state index contributed by atoms with van der Waals surface area (Å²) in [6.07, 6.45) is 2.02. The molecule has 0 N–H and O–H groups in total. The highest BCUT2D eigenvalue weighted by atomic mass is 16.5. The fraction of sp³-hybridized carbons (Fsp3) is 0.412. The van der Waals surface area contributed by atoms with Gasteiger partial charge in [0.15, 0.2) is 0 Å². The quantitative estimate of drug-likeness (QED) is 0.597. The van der Waals surface area contributed by atoms with Crippen LogP contribution in [0.3, 0.4) is 0 Å². The zero-order chi connectivity index (χ0) is 14.3. The molecule has 0 aliphatic heterocycles. The Kier molecular flexibility index (Phi) is 5.59. The first-order chi connectivity index (χ1) is 8.95. The van der Waals surface area contributed by atoms with Crippen molar-refractivity contribution in [1.82, 2.24) is 0 Å². The third-order valence-electron chi connectivity index (χ3n) is 2.63. The van der Waals surface area contributed by atoms with E-state index in [0.29, 0.717) is 6.61 Å². The maximum Gasteiger partial charge on any atom is 0.310 e. The predicted octanol–water partition coefficient (Wildman–Crippen LogP) is 4.22. The number of esters is 1. The number of benzene rings is 1. The smallest absolute Gasteiger partial charge is 0.310 e. The summed E-state index contributed by atoms with van der Waals surface area (Å²) in [5, 5.41) is 0. The van der Waals surface area contributed by atoms with Gasteiger partial charge in [-0.2, -0.15) is 0 Å². The second kappa shape index (κ2) is 6.96. The van der Waals surface area contributed by atoms with Crippen LogP contribution >= 0.6 is 0 Å². The van der Waals surface area contributed by atoms with Crippen LogP contribution in [0.1, 0.15) is 39.7 Å². The maximum absolute atomic E-state index is 11.3. The molecule has 1 aromatic carbocycles. The Hall–Kier alpha value is -1.79. The molecule has 0 aliphatic carbocycles. The van der Waals surface area contributed by atoms with Crippen molar-refractivity contribution < 1.29 is 9.53 Å². The fourth-order valence-corrected chi connectivity index (χ4v) is 1.79. The Morgan fingerprint density at radius 2 is 1.89 bits per heavy atom. The molecule has 0 fully saturated rings. The summed E-state index contributed by atoms with van der Waals surface area (Å²) in [4.78, 5) is 11.3. The zero-order valence-corrected chi connectivity index (χ0v) is 12.2. The maximum atomic E-state index is 11.3. The summed E-state index contributed by atoms with van der Waals surface area (Å²) in [6.45, 7) is 8.64. The molecule has 0 unspecified atom stereocenters. The number of hydrogen-bond donors (Lipinski definition) is 0. The average molecular weight is 258 g/mol. The van der Waals surface area contributed by atoms with Crippen LogP contribution in [0, 0.1) is 5.41 Å². The third kappa shape index (κ3) is 5.15. The van der Waals surface area contributed by atoms with E-state index in [-0.39, 0.29) is 17.8 Å². The first kappa shape index (κ1) is 15.3. The highest BCUT2D eigenvalue weighted by molar-refractivity contribution is 5.73. The molecule has 0 saturated heterocycles. The molecule has 19 heavy (non-hydrogen) atoms. The lowest BCUT2D eigenvalue weighted by molar-refractivity contribution is -0.142. The lowest BCUT2D eigenvalue weighted by atomic mass is 9.82. The second-order valence-corrected chi connectivity index (χ2v) is 5.35. The van der Waals surface area contributed by atoms with Crippen molar-refractivity contribution in [3.8, 4) is 0 Å². The molecule has 1 aromatic rings. The van der Waals surface area contributed by atoms with E-state index in [1.165, 1.54) is 0 Å². The van der Waals surface area contributed by atoms with Crippen LogP contribution in [0.5, 0.6) is 0 Å². The molecule has 0 bridgehead atoms. The van der Waals surface area contributed by atoms with Gasteiger partial charge in [-0.3, -0.25) is 4.79 Å². The Labute approximate surface area is 115 Å². The predicted molar refractivity (Wildman–Crippen MR) is 78.6 cm³/mol. The largest absolute Gasteiger partial charge is 0.466 e. The monoisotopic (exact) mass is 258 g/mol. The Bertz CT molecular complexity index is 472. The lowest BCUT2D eigenvalue weighted by Crippen LogP contribution is -2.07. The molecule has 2 heteroatoms. The highest BCUT2D eigenvalue weighted by Crippen LogP contribution is 2.32. The number of carbonyl (C=O) groups excluding carboxylic acids is 1. The van der Waals surface area contributed by atoms with E-state index in [1.54, 1.807) is 6.08 Å². The van der Waals surface area contributed by atoms with Crippen LogP contribution in [-0.4, -0.2) is 12.6 Å². The fourth-order valence-electron chi connectivity index (χ4n) is 1.79. The summed E-state index contributed by atoms with van der Waals surface area (Å²) < 4.78 is 4.90. The van der Waals surface area contributed by atoms with Gasteiger partial charge in [-0.05, 0) is 24.0 Å². The minimum Gasteiger partial charge on any atom is -0.466 e. The summed E-state index contributed by atoms with van der Waals surface area (Å²) >= 11 is 0. The Morgan fingerprint density at radius 1 is 1.26 bits per heavy atom. The molecule has 1 rings (SSSR count). The molecule has 2 nitrogen and oxygen atoms in total. The highest BCUT2D eigenvalue weighted by Gasteiger charge is 2.18. The molecule has 0 aromatic heterocycles. The Morgan fingerprint density at radius 3 is 2.42 bits per heavy atom. The lowest BCUT2D eigenvalue weighted by Gasteiger charge is -2.21. The SMILES string of the molecule is CCOC(=O)CC=C=C(c1ccccc1)C(C)(C)C. The van der Waals surface area contributed by atoms with Crippen LogP contribution in [0.25, 0.3) is 5.57 Å². The topological polar surface area (TPSA) is 26.3 Å². The molecule has 0 heterocycles. The number of rotatable bonds is 4. The van der Waals surface area contributed by atoms with Gasteiger partial charge < -0.3 is 4.74 Å². The second-order valence-electron chi connectivity index (χ2n) is 5.35. The molecule has 0 amide bonds. The van der Waals surface area contributed by atoms with Gasteiger partial charge in [0.2, 0.25) is 0 Å². The van der Waals surface area contributed by atoms with Crippen molar-refractivity contribution in [3.05, 3.63) is 47.7 Å². The van der Waals surface area contributed by atoms with Gasteiger partial charge in [0.05, 0.1) is 13.0 Å². The van der Waals surface area contributed by atoms with E-state index in [0.717, 1.165) is 11.1 Å². The molecule has 0 aliphatic rings. The van der Waals surface area contributed by atoms with Gasteiger partial charge in [0.25, 0.3) is 0 Å². The number of hydrogen-bond acceptors (Lipinski definition) is 2. The molecule has 102 valence electrons. The normalized spacial score (nSPS) is 10.5.